The second kappa shape index (κ2) is 21.8. The summed E-state index contributed by atoms with van der Waals surface area (Å²) in [6, 6.07) is 19.0. The number of ketones is 3. The van der Waals surface area contributed by atoms with Crippen molar-refractivity contribution in [2.45, 2.75) is 92.7 Å². The predicted molar refractivity (Wildman–Crippen MR) is 257 cm³/mol. The van der Waals surface area contributed by atoms with Gasteiger partial charge in [-0.1, -0.05) is 12.1 Å². The van der Waals surface area contributed by atoms with Gasteiger partial charge in [0.25, 0.3) is 0 Å². The molecule has 8 atom stereocenters. The predicted octanol–water partition coefficient (Wildman–Crippen LogP) is 4.52. The largest absolute Gasteiger partial charge is 0.507 e. The number of anilines is 1. The maximum atomic E-state index is 13.6. The van der Waals surface area contributed by atoms with Crippen LogP contribution in [0.1, 0.15) is 81.3 Å². The Morgan fingerprint density at radius 3 is 2.38 bits per heavy atom. The Morgan fingerprint density at radius 1 is 0.986 bits per heavy atom. The molecular formula is C51H56N4O16S. The number of amides is 1. The molecule has 382 valence electrons. The number of rotatable bonds is 14. The van der Waals surface area contributed by atoms with Gasteiger partial charge in [-0.25, -0.2) is 9.78 Å². The zero-order chi connectivity index (χ0) is 51.5. The average molecular weight is 1010 g/mol. The fraction of sp³-hybridized carbons (Fsp3) is 0.392. The van der Waals surface area contributed by atoms with E-state index in [1.54, 1.807) is 45.2 Å². The zero-order valence-electron chi connectivity index (χ0n) is 39.8. The summed E-state index contributed by atoms with van der Waals surface area (Å²) >= 11 is 1.68. The normalized spacial score (nSPS) is 25.3. The van der Waals surface area contributed by atoms with Gasteiger partial charge in [0.15, 0.2) is 17.9 Å². The van der Waals surface area contributed by atoms with Gasteiger partial charge < -0.3 is 69.0 Å². The summed E-state index contributed by atoms with van der Waals surface area (Å²) in [4.78, 5) is 56.5. The molecule has 0 radical (unpaired) electrons. The second-order valence-corrected chi connectivity index (χ2v) is 18.7. The van der Waals surface area contributed by atoms with Gasteiger partial charge in [0.1, 0.15) is 35.2 Å². The van der Waals surface area contributed by atoms with E-state index < -0.39 is 108 Å². The molecule has 1 aromatic heterocycles. The molecule has 2 saturated heterocycles. The number of phenolic OH excluding ortho intramolecular Hbond substituents is 2. The summed E-state index contributed by atoms with van der Waals surface area (Å²) in [5.41, 5.74) is 4.00. The third kappa shape index (κ3) is 10.4. The quantitative estimate of drug-likeness (QED) is 0.0583. The van der Waals surface area contributed by atoms with E-state index in [4.69, 9.17) is 38.9 Å². The van der Waals surface area contributed by atoms with Crippen LogP contribution in [0.3, 0.4) is 0 Å². The highest BCUT2D eigenvalue weighted by atomic mass is 32.2. The van der Waals surface area contributed by atoms with Crippen molar-refractivity contribution in [3.63, 3.8) is 0 Å². The molecule has 4 aliphatic rings. The maximum Gasteiger partial charge on any atom is 0.411 e. The lowest BCUT2D eigenvalue weighted by Crippen LogP contribution is -2.53. The van der Waals surface area contributed by atoms with Crippen molar-refractivity contribution >= 4 is 40.9 Å². The van der Waals surface area contributed by atoms with Gasteiger partial charge >= 0.3 is 6.09 Å². The summed E-state index contributed by atoms with van der Waals surface area (Å²) in [7, 11) is 2.97. The molecule has 72 heavy (non-hydrogen) atoms. The van der Waals surface area contributed by atoms with Gasteiger partial charge in [-0.05, 0) is 68.4 Å². The molecule has 2 fully saturated rings. The first-order chi connectivity index (χ1) is 34.5. The highest BCUT2D eigenvalue weighted by Crippen LogP contribution is 2.52. The first kappa shape index (κ1) is 51.9. The molecule has 2 aliphatic carbocycles. The molecule has 21 heteroatoms. The van der Waals surface area contributed by atoms with E-state index >= 15 is 0 Å². The van der Waals surface area contributed by atoms with Crippen LogP contribution in [0.25, 0.3) is 0 Å². The molecule has 9 rings (SSSR count). The van der Waals surface area contributed by atoms with Gasteiger partial charge in [-0.2, -0.15) is 0 Å². The molecule has 5 aromatic rings. The van der Waals surface area contributed by atoms with Crippen LogP contribution in [0, 0.1) is 0 Å². The number of aromatic hydroxyl groups is 2. The second-order valence-electron chi connectivity index (χ2n) is 17.6. The van der Waals surface area contributed by atoms with Crippen molar-refractivity contribution in [1.82, 2.24) is 9.55 Å². The number of phenols is 2. The first-order valence-electron chi connectivity index (χ1n) is 23.1. The molecule has 0 saturated carbocycles. The fourth-order valence-electron chi connectivity index (χ4n) is 9.30. The number of Topliss-reactive ketones (excluding diaryl/α,β-unsaturated/α-hetero) is 1. The number of aliphatic hydroxyl groups excluding tert-OH is 2. The molecule has 20 nitrogen and oxygen atoms in total. The average Bonchev–Trinajstić information content (AvgIpc) is 4.06. The number of carbonyl (C=O) groups excluding carboxylic acids is 4. The van der Waals surface area contributed by atoms with Crippen LogP contribution < -0.4 is 20.5 Å². The van der Waals surface area contributed by atoms with Crippen LogP contribution >= 0.6 is 11.8 Å². The monoisotopic (exact) mass is 1010 g/mol. The Hall–Kier alpha value is -6.40. The van der Waals surface area contributed by atoms with Crippen LogP contribution in [0.15, 0.2) is 90.3 Å². The fourth-order valence-corrected chi connectivity index (χ4v) is 10.2. The van der Waals surface area contributed by atoms with Gasteiger partial charge in [0.2, 0.25) is 11.6 Å². The van der Waals surface area contributed by atoms with Crippen molar-refractivity contribution in [3.05, 3.63) is 124 Å². The van der Waals surface area contributed by atoms with Crippen LogP contribution in [-0.2, 0) is 47.2 Å². The van der Waals surface area contributed by atoms with Crippen LogP contribution in [-0.4, -0.2) is 135 Å². The molecule has 1 amide bonds. The topological polar surface area (TPSA) is 290 Å². The lowest BCUT2D eigenvalue weighted by Gasteiger charge is -2.42. The summed E-state index contributed by atoms with van der Waals surface area (Å²) < 4.78 is 41.9. The van der Waals surface area contributed by atoms with E-state index in [1.807, 2.05) is 59.3 Å². The smallest absolute Gasteiger partial charge is 0.411 e. The van der Waals surface area contributed by atoms with Crippen molar-refractivity contribution in [2.75, 3.05) is 45.1 Å². The van der Waals surface area contributed by atoms with Crippen molar-refractivity contribution in [1.29, 1.82) is 0 Å². The summed E-state index contributed by atoms with van der Waals surface area (Å²) in [5, 5.41) is 56.4. The number of ether oxygens (including phenoxy) is 7. The maximum absolute atomic E-state index is 13.6. The van der Waals surface area contributed by atoms with Crippen molar-refractivity contribution < 1.29 is 77.9 Å². The molecule has 2 aliphatic heterocycles. The molecule has 8 N–H and O–H groups in total. The number of fused-ring (bicyclic) bond motifs is 3. The highest BCUT2D eigenvalue weighted by molar-refractivity contribution is 7.99. The molecule has 0 bridgehead atoms. The van der Waals surface area contributed by atoms with Gasteiger partial charge in [0.05, 0.1) is 81.4 Å². The van der Waals surface area contributed by atoms with Gasteiger partial charge in [-0.3, -0.25) is 19.7 Å². The minimum atomic E-state index is -2.24. The van der Waals surface area contributed by atoms with Crippen LogP contribution in [0.2, 0.25) is 0 Å². The Bertz CT molecular complexity index is 2780. The standard InChI is InChI=1S/C27H29NO11.C24H27N3O5S/c1-10-22(31)13(28)6-17(38-10)39-15-8-27(36,16(30)9-29)7-12-19(15)26(35)21-20(24(12)33)23(32)11-4-3-5-14(37-2)18(11)25(21)34;1-3-30-23(28)26-19-6-10-22(11-7-19)33-15-21-14-31-24(32-21,16-27-13-12-25-17-27)18-4-8-20(29-2)9-5-18/h3-5,10,13,15,17,22,29,31,33,35-36H,6-9,28H2,1-2H3;4-13,17,21H,3,14-16H2,1-2H3,(H,26,28)/t10-,13-,15-,17-,22-,27-;21-,24+/m01/s1. The number of aromatic nitrogens is 2. The first-order valence-corrected chi connectivity index (χ1v) is 24.1. The Morgan fingerprint density at radius 2 is 1.72 bits per heavy atom. The number of methoxy groups -OCH3 is 2. The Balaban J connectivity index is 0.000000195. The number of nitrogens with zero attached hydrogens (tertiary/aromatic N) is 2. The van der Waals surface area contributed by atoms with Gasteiger partial charge in [-0.15, -0.1) is 11.8 Å². The number of benzene rings is 4. The number of imidazole rings is 1. The number of aliphatic hydroxyl groups is 3. The highest BCUT2D eigenvalue weighted by Gasteiger charge is 2.50. The SMILES string of the molecule is CCOC(=O)Nc1ccc(SC[C@H]2CO[C@](Cn3ccnc3)(c3ccc(OC)cc3)O2)cc1.COc1cccc2c1C(=O)c1c(O)c3c(c(O)c1C2=O)C[C@@](O)(C(=O)CO)C[C@@H]3O[C@H]1C[C@H](N)[C@@H](O)[C@H](C)O1. The lowest BCUT2D eigenvalue weighted by atomic mass is 9.72. The Kier molecular flexibility index (Phi) is 15.7. The van der Waals surface area contributed by atoms with Crippen molar-refractivity contribution in [2.24, 2.45) is 5.73 Å². The molecule has 4 aromatic carbocycles. The summed E-state index contributed by atoms with van der Waals surface area (Å²) in [5.74, 6) is -3.16. The Labute approximate surface area is 417 Å². The molecule has 0 spiro atoms. The minimum Gasteiger partial charge on any atom is -0.507 e. The van der Waals surface area contributed by atoms with E-state index in [-0.39, 0.29) is 40.5 Å². The number of carbonyl (C=O) groups is 4. The number of hydrogen-bond acceptors (Lipinski definition) is 19. The molecular weight excluding hydrogens is 957 g/mol. The third-order valence-electron chi connectivity index (χ3n) is 13.0. The number of thioether (sulfide) groups is 1. The van der Waals surface area contributed by atoms with E-state index in [1.165, 1.54) is 25.3 Å². The van der Waals surface area contributed by atoms with Crippen LogP contribution in [0.5, 0.6) is 23.0 Å². The third-order valence-corrected chi connectivity index (χ3v) is 14.1. The molecule has 3 heterocycles. The number of hydrogen-bond donors (Lipinski definition) is 7. The minimum absolute atomic E-state index is 0.0173. The van der Waals surface area contributed by atoms with E-state index in [0.717, 1.165) is 22.0 Å². The van der Waals surface area contributed by atoms with E-state index in [9.17, 15) is 44.7 Å². The summed E-state index contributed by atoms with van der Waals surface area (Å²) in [6.45, 7) is 3.64. The number of nitrogens with one attached hydrogen (secondary N) is 1. The van der Waals surface area contributed by atoms with Gasteiger partial charge in [0, 0.05) is 76.3 Å². The van der Waals surface area contributed by atoms with Crippen molar-refractivity contribution in [3.8, 4) is 23.0 Å². The van der Waals surface area contributed by atoms with E-state index in [2.05, 4.69) is 10.3 Å². The zero-order valence-corrected chi connectivity index (χ0v) is 40.6. The number of nitrogens with two attached hydrogens (primary N) is 1. The molecule has 0 unspecified atom stereocenters. The lowest BCUT2D eigenvalue weighted by molar-refractivity contribution is -0.247. The van der Waals surface area contributed by atoms with E-state index in [0.29, 0.717) is 25.4 Å². The van der Waals surface area contributed by atoms with Crippen LogP contribution in [0.4, 0.5) is 10.5 Å². The summed E-state index contributed by atoms with van der Waals surface area (Å²) in [6.07, 6.45) is -0.273.